The number of carbonyl (C=O) groups excluding carboxylic acids is 1. The molecule has 0 aliphatic carbocycles. The molecule has 4 nitrogen and oxygen atoms in total. The van der Waals surface area contributed by atoms with Gasteiger partial charge in [-0.1, -0.05) is 13.8 Å². The van der Waals surface area contributed by atoms with Gasteiger partial charge in [0.15, 0.2) is 0 Å². The van der Waals surface area contributed by atoms with Crippen LogP contribution < -0.4 is 5.32 Å². The minimum atomic E-state index is -0.888. The molecule has 0 aromatic carbocycles. The van der Waals surface area contributed by atoms with Crippen molar-refractivity contribution in [3.05, 3.63) is 21.9 Å². The number of nitrogens with one attached hydrogen (secondary N) is 1. The van der Waals surface area contributed by atoms with Crippen molar-refractivity contribution in [3.8, 4) is 0 Å². The average Bonchev–Trinajstić information content (AvgIpc) is 2.73. The average molecular weight is 311 g/mol. The predicted octanol–water partition coefficient (Wildman–Crippen LogP) is 3.38. The summed E-state index contributed by atoms with van der Waals surface area (Å²) in [5, 5.41) is 11.9. The number of hydrogen-bond acceptors (Lipinski definition) is 3. The molecule has 1 rings (SSSR count). The van der Waals surface area contributed by atoms with Gasteiger partial charge in [0, 0.05) is 21.7 Å². The second-order valence-corrected chi connectivity index (χ2v) is 7.43. The maximum atomic E-state index is 12.0. The van der Waals surface area contributed by atoms with Crippen LogP contribution in [0, 0.1) is 12.8 Å². The Morgan fingerprint density at radius 2 is 2.05 bits per heavy atom. The van der Waals surface area contributed by atoms with E-state index in [0.717, 1.165) is 12.8 Å². The molecule has 1 unspecified atom stereocenters. The van der Waals surface area contributed by atoms with Crippen molar-refractivity contribution in [2.45, 2.75) is 58.9 Å². The number of thiophene rings is 1. The largest absolute Gasteiger partial charge is 0.481 e. The Bertz CT molecular complexity index is 495. The lowest BCUT2D eigenvalue weighted by molar-refractivity contribution is -0.139. The summed E-state index contributed by atoms with van der Waals surface area (Å²) in [6.07, 6.45) is 2.05. The van der Waals surface area contributed by atoms with Crippen molar-refractivity contribution in [2.24, 2.45) is 5.92 Å². The van der Waals surface area contributed by atoms with Crippen molar-refractivity contribution < 1.29 is 14.7 Å². The second kappa shape index (κ2) is 7.59. The molecule has 0 aliphatic rings. The predicted molar refractivity (Wildman–Crippen MR) is 85.6 cm³/mol. The molecular formula is C16H25NO3S. The number of aliphatic carboxylic acids is 1. The van der Waals surface area contributed by atoms with Gasteiger partial charge < -0.3 is 10.4 Å². The number of aryl methyl sites for hydroxylation is 2. The highest BCUT2D eigenvalue weighted by Crippen LogP contribution is 2.21. The number of carboxylic acid groups (broad SMARTS) is 1. The highest BCUT2D eigenvalue weighted by atomic mass is 32.1. The Labute approximate surface area is 130 Å². The number of amides is 1. The first kappa shape index (κ1) is 17.7. The summed E-state index contributed by atoms with van der Waals surface area (Å²) in [6, 6.07) is 4.18. The van der Waals surface area contributed by atoms with Crippen LogP contribution in [0.25, 0.3) is 0 Å². The standard InChI is InChI=1S/C16H25NO3S/c1-11(2)16(4,10-15(19)20)17-14(18)7-5-6-13-9-8-12(3)21-13/h8-9,11H,5-7,10H2,1-4H3,(H,17,18)(H,19,20). The SMILES string of the molecule is Cc1ccc(CCCC(=O)NC(C)(CC(=O)O)C(C)C)s1. The summed E-state index contributed by atoms with van der Waals surface area (Å²) < 4.78 is 0. The molecule has 1 amide bonds. The van der Waals surface area contributed by atoms with E-state index in [0.29, 0.717) is 6.42 Å². The van der Waals surface area contributed by atoms with Crippen molar-refractivity contribution in [2.75, 3.05) is 0 Å². The van der Waals surface area contributed by atoms with Crippen LogP contribution in [-0.4, -0.2) is 22.5 Å². The maximum absolute atomic E-state index is 12.0. The first-order valence-electron chi connectivity index (χ1n) is 7.31. The molecule has 1 heterocycles. The highest BCUT2D eigenvalue weighted by Gasteiger charge is 2.32. The van der Waals surface area contributed by atoms with Gasteiger partial charge in [-0.15, -0.1) is 11.3 Å². The van der Waals surface area contributed by atoms with Gasteiger partial charge in [-0.05, 0) is 44.7 Å². The van der Waals surface area contributed by atoms with Crippen molar-refractivity contribution in [3.63, 3.8) is 0 Å². The Kier molecular flexibility index (Phi) is 6.40. The molecule has 0 saturated heterocycles. The third-order valence-corrected chi connectivity index (χ3v) is 4.90. The fourth-order valence-electron chi connectivity index (χ4n) is 2.13. The Hall–Kier alpha value is -1.36. The van der Waals surface area contributed by atoms with E-state index in [4.69, 9.17) is 5.11 Å². The normalized spacial score (nSPS) is 14.0. The van der Waals surface area contributed by atoms with Gasteiger partial charge in [0.1, 0.15) is 0 Å². The first-order valence-corrected chi connectivity index (χ1v) is 8.12. The van der Waals surface area contributed by atoms with Crippen LogP contribution in [0.2, 0.25) is 0 Å². The van der Waals surface area contributed by atoms with Gasteiger partial charge in [-0.25, -0.2) is 0 Å². The zero-order chi connectivity index (χ0) is 16.0. The molecule has 0 saturated carbocycles. The number of carboxylic acids is 1. The Balaban J connectivity index is 2.45. The summed E-state index contributed by atoms with van der Waals surface area (Å²) in [4.78, 5) is 25.6. The van der Waals surface area contributed by atoms with E-state index in [2.05, 4.69) is 24.4 Å². The van der Waals surface area contributed by atoms with Crippen LogP contribution in [0.4, 0.5) is 0 Å². The minimum Gasteiger partial charge on any atom is -0.481 e. The zero-order valence-electron chi connectivity index (χ0n) is 13.2. The quantitative estimate of drug-likeness (QED) is 0.773. The van der Waals surface area contributed by atoms with Crippen LogP contribution in [0.1, 0.15) is 49.8 Å². The first-order chi connectivity index (χ1) is 9.73. The molecule has 2 N–H and O–H groups in total. The Morgan fingerprint density at radius 1 is 1.38 bits per heavy atom. The van der Waals surface area contributed by atoms with Crippen molar-refractivity contribution >= 4 is 23.2 Å². The monoisotopic (exact) mass is 311 g/mol. The summed E-state index contributed by atoms with van der Waals surface area (Å²) in [6.45, 7) is 7.72. The van der Waals surface area contributed by atoms with Gasteiger partial charge >= 0.3 is 5.97 Å². The molecule has 1 atom stereocenters. The number of hydrogen-bond donors (Lipinski definition) is 2. The summed E-state index contributed by atoms with van der Waals surface area (Å²) in [5.41, 5.74) is -0.692. The third kappa shape index (κ3) is 5.87. The van der Waals surface area contributed by atoms with Gasteiger partial charge in [0.05, 0.1) is 6.42 Å². The summed E-state index contributed by atoms with van der Waals surface area (Å²) >= 11 is 1.76. The van der Waals surface area contributed by atoms with E-state index in [1.165, 1.54) is 9.75 Å². The molecule has 21 heavy (non-hydrogen) atoms. The lowest BCUT2D eigenvalue weighted by Crippen LogP contribution is -2.51. The van der Waals surface area contributed by atoms with Crippen molar-refractivity contribution in [1.29, 1.82) is 0 Å². The second-order valence-electron chi connectivity index (χ2n) is 6.06. The summed E-state index contributed by atoms with van der Waals surface area (Å²) in [5.74, 6) is -0.890. The van der Waals surface area contributed by atoms with E-state index in [1.54, 1.807) is 18.3 Å². The highest BCUT2D eigenvalue weighted by molar-refractivity contribution is 7.11. The zero-order valence-corrected chi connectivity index (χ0v) is 14.0. The molecule has 1 aromatic rings. The van der Waals surface area contributed by atoms with Gasteiger partial charge in [0.2, 0.25) is 5.91 Å². The maximum Gasteiger partial charge on any atom is 0.305 e. The minimum absolute atomic E-state index is 0.0550. The van der Waals surface area contributed by atoms with E-state index in [-0.39, 0.29) is 18.2 Å². The van der Waals surface area contributed by atoms with Crippen LogP contribution in [0.15, 0.2) is 12.1 Å². The van der Waals surface area contributed by atoms with E-state index < -0.39 is 11.5 Å². The van der Waals surface area contributed by atoms with Crippen LogP contribution in [-0.2, 0) is 16.0 Å². The molecule has 0 bridgehead atoms. The van der Waals surface area contributed by atoms with Gasteiger partial charge in [-0.2, -0.15) is 0 Å². The lowest BCUT2D eigenvalue weighted by Gasteiger charge is -2.33. The third-order valence-electron chi connectivity index (χ3n) is 3.84. The number of rotatable bonds is 8. The van der Waals surface area contributed by atoms with Crippen LogP contribution in [0.5, 0.6) is 0 Å². The van der Waals surface area contributed by atoms with E-state index in [1.807, 2.05) is 13.8 Å². The Morgan fingerprint density at radius 3 is 2.52 bits per heavy atom. The topological polar surface area (TPSA) is 66.4 Å². The van der Waals surface area contributed by atoms with Crippen LogP contribution in [0.3, 0.4) is 0 Å². The van der Waals surface area contributed by atoms with Crippen LogP contribution >= 0.6 is 11.3 Å². The van der Waals surface area contributed by atoms with Gasteiger partial charge in [0.25, 0.3) is 0 Å². The van der Waals surface area contributed by atoms with E-state index in [9.17, 15) is 9.59 Å². The smallest absolute Gasteiger partial charge is 0.305 e. The number of carbonyl (C=O) groups is 2. The molecular weight excluding hydrogens is 286 g/mol. The fraction of sp³-hybridized carbons (Fsp3) is 0.625. The molecule has 0 spiro atoms. The summed E-state index contributed by atoms with van der Waals surface area (Å²) in [7, 11) is 0. The molecule has 0 aliphatic heterocycles. The molecule has 5 heteroatoms. The molecule has 0 fully saturated rings. The fourth-order valence-corrected chi connectivity index (χ4v) is 3.06. The molecule has 118 valence electrons. The van der Waals surface area contributed by atoms with Gasteiger partial charge in [-0.3, -0.25) is 9.59 Å². The molecule has 0 radical (unpaired) electrons. The lowest BCUT2D eigenvalue weighted by atomic mass is 9.85. The van der Waals surface area contributed by atoms with E-state index >= 15 is 0 Å². The molecule has 1 aromatic heterocycles. The van der Waals surface area contributed by atoms with Crippen molar-refractivity contribution in [1.82, 2.24) is 5.32 Å².